The monoisotopic (exact) mass is 270 g/mol. The molecule has 0 saturated carbocycles. The first-order valence-electron chi connectivity index (χ1n) is 6.57. The maximum Gasteiger partial charge on any atom is 0.0984 e. The van der Waals surface area contributed by atoms with E-state index in [1.165, 1.54) is 17.0 Å². The highest BCUT2D eigenvalue weighted by Gasteiger charge is 2.13. The third-order valence-electron chi connectivity index (χ3n) is 2.79. The maximum atomic E-state index is 4.53. The van der Waals surface area contributed by atoms with Crippen LogP contribution in [-0.2, 0) is 13.6 Å². The largest absolute Gasteiger partial charge is 0.313 e. The predicted molar refractivity (Wildman–Crippen MR) is 79.2 cm³/mol. The Labute approximate surface area is 115 Å². The van der Waals surface area contributed by atoms with Gasteiger partial charge in [-0.2, -0.15) is 5.10 Å². The lowest BCUT2D eigenvalue weighted by molar-refractivity contribution is 0.437. The summed E-state index contributed by atoms with van der Waals surface area (Å²) in [5, 5.41) is 9.30. The summed E-state index contributed by atoms with van der Waals surface area (Å²) < 4.78 is 2.01. The van der Waals surface area contributed by atoms with Crippen LogP contribution in [0.1, 0.15) is 24.6 Å². The minimum Gasteiger partial charge on any atom is -0.313 e. The smallest absolute Gasteiger partial charge is 0.0984 e. The molecule has 1 aromatic heterocycles. The molecule has 0 amide bonds. The number of aryl methyl sites for hydroxylation is 2. The fourth-order valence-corrected chi connectivity index (χ4v) is 3.05. The first kappa shape index (κ1) is 15.5. The molecule has 1 aromatic rings. The molecule has 0 aliphatic rings. The van der Waals surface area contributed by atoms with Crippen LogP contribution in [0.25, 0.3) is 0 Å². The van der Waals surface area contributed by atoms with Gasteiger partial charge in [-0.15, -0.1) is 11.8 Å². The lowest BCUT2D eigenvalue weighted by atomic mass is 10.2. The Morgan fingerprint density at radius 1 is 1.39 bits per heavy atom. The molecule has 0 radical (unpaired) electrons. The van der Waals surface area contributed by atoms with E-state index in [1.807, 2.05) is 23.5 Å². The molecule has 1 heterocycles. The van der Waals surface area contributed by atoms with Gasteiger partial charge in [0.25, 0.3) is 0 Å². The second-order valence-electron chi connectivity index (χ2n) is 4.82. The molecule has 18 heavy (non-hydrogen) atoms. The van der Waals surface area contributed by atoms with Crippen molar-refractivity contribution in [3.63, 3.8) is 0 Å². The summed E-state index contributed by atoms with van der Waals surface area (Å²) in [7, 11) is 6.26. The van der Waals surface area contributed by atoms with Gasteiger partial charge in [-0.1, -0.05) is 6.92 Å². The van der Waals surface area contributed by atoms with Gasteiger partial charge in [-0.3, -0.25) is 4.68 Å². The zero-order chi connectivity index (χ0) is 13.5. The van der Waals surface area contributed by atoms with Gasteiger partial charge >= 0.3 is 0 Å². The maximum absolute atomic E-state index is 4.53. The molecule has 0 aromatic carbocycles. The summed E-state index contributed by atoms with van der Waals surface area (Å²) in [5.41, 5.74) is 2.50. The summed E-state index contributed by atoms with van der Waals surface area (Å²) in [4.78, 5) is 2.21. The van der Waals surface area contributed by atoms with E-state index in [0.29, 0.717) is 0 Å². The molecule has 5 heteroatoms. The van der Waals surface area contributed by atoms with Crippen molar-refractivity contribution < 1.29 is 0 Å². The molecule has 0 fully saturated rings. The Balaban J connectivity index is 2.63. The SMILES string of the molecule is CCCNCc1c(C)nn(C)c1SCCN(C)C. The van der Waals surface area contributed by atoms with E-state index in [2.05, 4.69) is 43.3 Å². The quantitative estimate of drug-likeness (QED) is 0.577. The van der Waals surface area contributed by atoms with Gasteiger partial charge in [0.15, 0.2) is 0 Å². The summed E-state index contributed by atoms with van der Waals surface area (Å²) in [6.45, 7) is 7.37. The molecule has 0 saturated heterocycles. The summed E-state index contributed by atoms with van der Waals surface area (Å²) in [6.07, 6.45) is 1.17. The minimum absolute atomic E-state index is 0.928. The highest BCUT2D eigenvalue weighted by atomic mass is 32.2. The van der Waals surface area contributed by atoms with Gasteiger partial charge in [0, 0.05) is 31.5 Å². The van der Waals surface area contributed by atoms with Gasteiger partial charge in [0.1, 0.15) is 0 Å². The second kappa shape index (κ2) is 7.81. The number of rotatable bonds is 8. The number of nitrogens with one attached hydrogen (secondary N) is 1. The van der Waals surface area contributed by atoms with Crippen LogP contribution in [0.2, 0.25) is 0 Å². The lowest BCUT2D eigenvalue weighted by Crippen LogP contribution is -2.16. The number of nitrogens with zero attached hydrogens (tertiary/aromatic N) is 3. The molecule has 4 nitrogen and oxygen atoms in total. The van der Waals surface area contributed by atoms with Crippen LogP contribution in [0.5, 0.6) is 0 Å². The van der Waals surface area contributed by atoms with E-state index in [4.69, 9.17) is 0 Å². The van der Waals surface area contributed by atoms with Crippen LogP contribution in [0.4, 0.5) is 0 Å². The summed E-state index contributed by atoms with van der Waals surface area (Å²) in [5.74, 6) is 1.10. The van der Waals surface area contributed by atoms with E-state index in [-0.39, 0.29) is 0 Å². The average Bonchev–Trinajstić information content (AvgIpc) is 2.55. The number of aromatic nitrogens is 2. The molecular weight excluding hydrogens is 244 g/mol. The Kier molecular flexibility index (Phi) is 6.75. The van der Waals surface area contributed by atoms with E-state index >= 15 is 0 Å². The lowest BCUT2D eigenvalue weighted by Gasteiger charge is -2.10. The average molecular weight is 270 g/mol. The zero-order valence-electron chi connectivity index (χ0n) is 12.3. The summed E-state index contributed by atoms with van der Waals surface area (Å²) in [6, 6.07) is 0. The fourth-order valence-electron chi connectivity index (χ4n) is 1.78. The predicted octanol–water partition coefficient (Wildman–Crippen LogP) is 1.88. The van der Waals surface area contributed by atoms with Crippen LogP contribution in [0.15, 0.2) is 5.03 Å². The fraction of sp³-hybridized carbons (Fsp3) is 0.769. The second-order valence-corrected chi connectivity index (χ2v) is 5.90. The molecule has 1 rings (SSSR count). The first-order valence-corrected chi connectivity index (χ1v) is 7.55. The third-order valence-corrected chi connectivity index (χ3v) is 3.97. The van der Waals surface area contributed by atoms with Crippen LogP contribution in [-0.4, -0.2) is 47.6 Å². The molecule has 0 unspecified atom stereocenters. The van der Waals surface area contributed by atoms with Crippen molar-refractivity contribution in [3.05, 3.63) is 11.3 Å². The van der Waals surface area contributed by atoms with Gasteiger partial charge in [-0.05, 0) is 34.0 Å². The van der Waals surface area contributed by atoms with E-state index in [1.54, 1.807) is 0 Å². The molecule has 0 aliphatic carbocycles. The van der Waals surface area contributed by atoms with Crippen molar-refractivity contribution in [1.29, 1.82) is 0 Å². The Morgan fingerprint density at radius 2 is 2.11 bits per heavy atom. The van der Waals surface area contributed by atoms with Crippen molar-refractivity contribution in [2.24, 2.45) is 7.05 Å². The van der Waals surface area contributed by atoms with Gasteiger partial charge in [0.2, 0.25) is 0 Å². The van der Waals surface area contributed by atoms with Gasteiger partial charge in [0.05, 0.1) is 10.7 Å². The normalized spacial score (nSPS) is 11.4. The number of hydrogen-bond donors (Lipinski definition) is 1. The van der Waals surface area contributed by atoms with Crippen LogP contribution < -0.4 is 5.32 Å². The van der Waals surface area contributed by atoms with E-state index in [9.17, 15) is 0 Å². The number of thioether (sulfide) groups is 1. The highest BCUT2D eigenvalue weighted by molar-refractivity contribution is 7.99. The molecular formula is C13H26N4S. The highest BCUT2D eigenvalue weighted by Crippen LogP contribution is 2.24. The van der Waals surface area contributed by atoms with Gasteiger partial charge in [-0.25, -0.2) is 0 Å². The van der Waals surface area contributed by atoms with E-state index in [0.717, 1.165) is 31.1 Å². The first-order chi connectivity index (χ1) is 8.56. The van der Waals surface area contributed by atoms with Crippen molar-refractivity contribution in [2.75, 3.05) is 32.9 Å². The summed E-state index contributed by atoms with van der Waals surface area (Å²) >= 11 is 1.90. The van der Waals surface area contributed by atoms with Crippen LogP contribution in [0.3, 0.4) is 0 Å². The molecule has 0 spiro atoms. The zero-order valence-corrected chi connectivity index (χ0v) is 13.1. The Morgan fingerprint density at radius 3 is 2.72 bits per heavy atom. The van der Waals surface area contributed by atoms with Crippen molar-refractivity contribution >= 4 is 11.8 Å². The van der Waals surface area contributed by atoms with E-state index < -0.39 is 0 Å². The molecule has 0 atom stereocenters. The molecule has 0 bridgehead atoms. The molecule has 1 N–H and O–H groups in total. The minimum atomic E-state index is 0.928. The van der Waals surface area contributed by atoms with Crippen molar-refractivity contribution in [2.45, 2.75) is 31.8 Å². The van der Waals surface area contributed by atoms with Crippen molar-refractivity contribution in [1.82, 2.24) is 20.0 Å². The molecule has 104 valence electrons. The van der Waals surface area contributed by atoms with Gasteiger partial charge < -0.3 is 10.2 Å². The van der Waals surface area contributed by atoms with Crippen molar-refractivity contribution in [3.8, 4) is 0 Å². The number of hydrogen-bond acceptors (Lipinski definition) is 4. The Bertz CT molecular complexity index is 360. The third kappa shape index (κ3) is 4.63. The van der Waals surface area contributed by atoms with Crippen LogP contribution >= 0.6 is 11.8 Å². The van der Waals surface area contributed by atoms with Crippen LogP contribution in [0, 0.1) is 6.92 Å². The standard InChI is InChI=1S/C13H26N4S/c1-6-7-14-10-12-11(2)15-17(5)13(12)18-9-8-16(3)4/h14H,6-10H2,1-5H3. The Hall–Kier alpha value is -0.520. The topological polar surface area (TPSA) is 33.1 Å². The molecule has 0 aliphatic heterocycles.